The van der Waals surface area contributed by atoms with Gasteiger partial charge in [-0.05, 0) is 66.1 Å². The van der Waals surface area contributed by atoms with Crippen molar-refractivity contribution in [2.75, 3.05) is 26.6 Å². The van der Waals surface area contributed by atoms with Crippen molar-refractivity contribution in [2.24, 2.45) is 10.9 Å². The number of para-hydroxylation sites is 6. The molecule has 0 spiro atoms. The third kappa shape index (κ3) is 2.87. The van der Waals surface area contributed by atoms with E-state index in [1.165, 1.54) is 50.8 Å². The Morgan fingerprint density at radius 3 is 1.57 bits per heavy atom. The first-order valence-corrected chi connectivity index (χ1v) is 16.8. The third-order valence-corrected chi connectivity index (χ3v) is 12.1. The van der Waals surface area contributed by atoms with Crippen LogP contribution in [-0.4, -0.2) is 25.2 Å². The zero-order chi connectivity index (χ0) is 31.7. The molecule has 5 heterocycles. The second kappa shape index (κ2) is 9.16. The second-order valence-electron chi connectivity index (χ2n) is 13.7. The maximum atomic E-state index is 4.99. The van der Waals surface area contributed by atoms with E-state index in [9.17, 15) is 0 Å². The van der Waals surface area contributed by atoms with Gasteiger partial charge >= 0.3 is 0 Å². The largest absolute Gasteiger partial charge is 0.317 e. The van der Waals surface area contributed by atoms with Gasteiger partial charge in [-0.25, -0.2) is 0 Å². The van der Waals surface area contributed by atoms with Gasteiger partial charge < -0.3 is 19.6 Å². The van der Waals surface area contributed by atoms with Gasteiger partial charge in [-0.15, -0.1) is 0 Å². The zero-order valence-electron chi connectivity index (χ0n) is 27.2. The lowest BCUT2D eigenvalue weighted by molar-refractivity contribution is 0.154. The molecule has 230 valence electrons. The van der Waals surface area contributed by atoms with Crippen LogP contribution in [0.1, 0.15) is 37.5 Å². The molecule has 5 aromatic carbocycles. The Balaban J connectivity index is 1.33. The molecular weight excluding hydrogens is 574 g/mol. The fourth-order valence-electron chi connectivity index (χ4n) is 10.4. The molecule has 0 bridgehead atoms. The molecule has 47 heavy (non-hydrogen) atoms. The van der Waals surface area contributed by atoms with Crippen LogP contribution in [0.2, 0.25) is 0 Å². The average Bonchev–Trinajstić information content (AvgIpc) is 3.83. The van der Waals surface area contributed by atoms with Crippen molar-refractivity contribution in [3.8, 4) is 0 Å². The number of rotatable bonds is 2. The number of anilines is 6. The maximum Gasteiger partial charge on any atom is 0.153 e. The van der Waals surface area contributed by atoms with Gasteiger partial charge in [0.2, 0.25) is 0 Å². The highest BCUT2D eigenvalue weighted by atomic mass is 15.5. The van der Waals surface area contributed by atoms with Crippen molar-refractivity contribution in [3.63, 3.8) is 0 Å². The first kappa shape index (κ1) is 26.9. The number of hydrogen-bond acceptors (Lipinski definition) is 4. The quantitative estimate of drug-likeness (QED) is 0.199. The van der Waals surface area contributed by atoms with E-state index >= 15 is 0 Å². The van der Waals surface area contributed by atoms with Crippen LogP contribution in [0, 0.1) is 5.92 Å². The van der Waals surface area contributed by atoms with Crippen LogP contribution in [0.25, 0.3) is 0 Å². The maximum absolute atomic E-state index is 4.99. The van der Waals surface area contributed by atoms with Gasteiger partial charge in [-0.3, -0.25) is 4.99 Å². The summed E-state index contributed by atoms with van der Waals surface area (Å²) >= 11 is 0. The number of nitrogens with zero attached hydrogens (tertiary/aromatic N) is 5. The van der Waals surface area contributed by atoms with Crippen LogP contribution < -0.4 is 19.6 Å². The number of benzene rings is 5. The highest BCUT2D eigenvalue weighted by molar-refractivity contribution is 6.17. The predicted octanol–water partition coefficient (Wildman–Crippen LogP) is 9.11. The van der Waals surface area contributed by atoms with Crippen molar-refractivity contribution >= 4 is 40.0 Å². The summed E-state index contributed by atoms with van der Waals surface area (Å²) in [6.45, 7) is 7.23. The first-order chi connectivity index (χ1) is 23.1. The zero-order valence-corrected chi connectivity index (χ0v) is 27.2. The van der Waals surface area contributed by atoms with E-state index in [1.807, 2.05) is 7.05 Å². The average molecular weight is 612 g/mol. The van der Waals surface area contributed by atoms with Crippen LogP contribution in [0.3, 0.4) is 0 Å². The van der Waals surface area contributed by atoms with Crippen molar-refractivity contribution in [3.05, 3.63) is 156 Å². The van der Waals surface area contributed by atoms with Gasteiger partial charge in [0, 0.05) is 41.1 Å². The molecule has 5 nitrogen and oxygen atoms in total. The molecule has 0 aromatic heterocycles. The third-order valence-electron chi connectivity index (χ3n) is 12.1. The number of aliphatic imine (C=N–C) groups is 1. The van der Waals surface area contributed by atoms with Gasteiger partial charge in [0.25, 0.3) is 0 Å². The van der Waals surface area contributed by atoms with Gasteiger partial charge in [0.15, 0.2) is 5.84 Å². The molecule has 5 aromatic rings. The SMILES string of the molecule is CC=C1C(=NC)N2c3ccccc3C(C)(C34c5ccccc5N5c6ccccc6N(c6ccccc63)C54)C(C)C2N1c1ccccc1. The Kier molecular flexibility index (Phi) is 5.24. The lowest BCUT2D eigenvalue weighted by Gasteiger charge is -2.58. The fourth-order valence-corrected chi connectivity index (χ4v) is 10.4. The lowest BCUT2D eigenvalue weighted by atomic mass is 9.49. The topological polar surface area (TPSA) is 25.3 Å². The summed E-state index contributed by atoms with van der Waals surface area (Å²) in [4.78, 5) is 15.4. The van der Waals surface area contributed by atoms with E-state index in [-0.39, 0.29) is 29.1 Å². The molecule has 0 radical (unpaired) electrons. The highest BCUT2D eigenvalue weighted by Crippen LogP contribution is 2.74. The molecule has 10 rings (SSSR count). The minimum atomic E-state index is -0.384. The molecule has 3 atom stereocenters. The van der Waals surface area contributed by atoms with Crippen LogP contribution in [-0.2, 0) is 10.8 Å². The number of fused-ring (bicyclic) bond motifs is 12. The Morgan fingerprint density at radius 2 is 1.04 bits per heavy atom. The van der Waals surface area contributed by atoms with E-state index < -0.39 is 0 Å². The molecule has 1 saturated heterocycles. The summed E-state index contributed by atoms with van der Waals surface area (Å²) in [6, 6.07) is 47.5. The molecule has 0 aliphatic carbocycles. The predicted molar refractivity (Wildman–Crippen MR) is 193 cm³/mol. The van der Waals surface area contributed by atoms with Crippen LogP contribution in [0.5, 0.6) is 0 Å². The van der Waals surface area contributed by atoms with Crippen LogP contribution in [0.4, 0.5) is 34.1 Å². The standard InChI is InChI=1S/C42H37N5/c1-5-32-38(43-4)47-33-22-12-9-19-29(33)41(3,27(2)39(47)44(32)28-17-7-6-8-18-28)42-30-20-10-13-23-34(30)45-36-25-15-16-26-37(36)46(40(42)45)35-24-14-11-21-31(35)42/h5-27,39-40H,1-4H3. The summed E-state index contributed by atoms with van der Waals surface area (Å²) in [6.07, 6.45) is 2.32. The Morgan fingerprint density at radius 1 is 0.574 bits per heavy atom. The molecule has 0 N–H and O–H groups in total. The molecule has 0 saturated carbocycles. The van der Waals surface area contributed by atoms with Gasteiger partial charge in [0.05, 0.1) is 22.5 Å². The summed E-state index contributed by atoms with van der Waals surface area (Å²) < 4.78 is 0. The van der Waals surface area contributed by atoms with Gasteiger partial charge in [0.1, 0.15) is 12.3 Å². The molecular formula is C42H37N5. The van der Waals surface area contributed by atoms with Crippen molar-refractivity contribution < 1.29 is 0 Å². The molecule has 1 fully saturated rings. The first-order valence-electron chi connectivity index (χ1n) is 16.8. The van der Waals surface area contributed by atoms with Crippen LogP contribution >= 0.6 is 0 Å². The minimum absolute atomic E-state index is 0.0165. The Bertz CT molecular complexity index is 2090. The van der Waals surface area contributed by atoms with Gasteiger partial charge in [-0.1, -0.05) is 105 Å². The smallest absolute Gasteiger partial charge is 0.153 e. The summed E-state index contributed by atoms with van der Waals surface area (Å²) in [5.74, 6) is 1.19. The van der Waals surface area contributed by atoms with E-state index in [2.05, 4.69) is 174 Å². The monoisotopic (exact) mass is 611 g/mol. The lowest BCUT2D eigenvalue weighted by Crippen LogP contribution is -2.66. The minimum Gasteiger partial charge on any atom is -0.317 e. The second-order valence-corrected chi connectivity index (χ2v) is 13.7. The Hall–Kier alpha value is -5.29. The van der Waals surface area contributed by atoms with Crippen molar-refractivity contribution in [1.82, 2.24) is 0 Å². The molecule has 5 heteroatoms. The van der Waals surface area contributed by atoms with E-state index in [0.717, 1.165) is 11.5 Å². The number of hydrogen-bond donors (Lipinski definition) is 0. The molecule has 0 amide bonds. The normalized spacial score (nSPS) is 29.1. The van der Waals surface area contributed by atoms with Gasteiger partial charge in [-0.2, -0.15) is 0 Å². The van der Waals surface area contributed by atoms with E-state index in [1.54, 1.807) is 0 Å². The fraction of sp³-hybridized carbons (Fsp3) is 0.214. The van der Waals surface area contributed by atoms with Crippen molar-refractivity contribution in [2.45, 2.75) is 43.9 Å². The molecule has 3 unspecified atom stereocenters. The van der Waals surface area contributed by atoms with Crippen LogP contribution in [0.15, 0.2) is 144 Å². The number of allylic oxidation sites excluding steroid dienone is 1. The molecule has 5 aliphatic rings. The number of amidine groups is 1. The Labute approximate surface area is 276 Å². The van der Waals surface area contributed by atoms with Crippen molar-refractivity contribution in [1.29, 1.82) is 0 Å². The summed E-state index contributed by atoms with van der Waals surface area (Å²) in [7, 11) is 1.94. The highest BCUT2D eigenvalue weighted by Gasteiger charge is 2.74. The van der Waals surface area contributed by atoms with E-state index in [4.69, 9.17) is 4.99 Å². The van der Waals surface area contributed by atoms with E-state index in [0.29, 0.717) is 0 Å². The summed E-state index contributed by atoms with van der Waals surface area (Å²) in [5, 5.41) is 0. The summed E-state index contributed by atoms with van der Waals surface area (Å²) in [5.41, 5.74) is 12.2. The molecule has 5 aliphatic heterocycles.